The summed E-state index contributed by atoms with van der Waals surface area (Å²) in [6.45, 7) is 2.16. The summed E-state index contributed by atoms with van der Waals surface area (Å²) in [6, 6.07) is 37.5. The van der Waals surface area contributed by atoms with Gasteiger partial charge in [0.2, 0.25) is 0 Å². The highest BCUT2D eigenvalue weighted by molar-refractivity contribution is 7.13. The molecule has 0 fully saturated rings. The van der Waals surface area contributed by atoms with Crippen molar-refractivity contribution in [3.63, 3.8) is 0 Å². The van der Waals surface area contributed by atoms with Gasteiger partial charge in [-0.1, -0.05) is 91.3 Å². The lowest BCUT2D eigenvalue weighted by Crippen LogP contribution is -1.93. The van der Waals surface area contributed by atoms with Crippen LogP contribution in [0, 0.1) is 23.7 Å². The Kier molecular flexibility index (Phi) is 6.76. The van der Waals surface area contributed by atoms with Gasteiger partial charge >= 0.3 is 0 Å². The Balaban J connectivity index is 1.17. The zero-order chi connectivity index (χ0) is 30.2. The Bertz CT molecular complexity index is 2400. The average Bonchev–Trinajstić information content (AvgIpc) is 3.51. The first kappa shape index (κ1) is 26.8. The largest absolute Gasteiger partial charge is 0.255 e. The van der Waals surface area contributed by atoms with Crippen molar-refractivity contribution >= 4 is 43.7 Å². The van der Waals surface area contributed by atoms with Crippen LogP contribution in [0.4, 0.5) is 0 Å². The third-order valence-electron chi connectivity index (χ3n) is 8.04. The quantitative estimate of drug-likeness (QED) is 0.152. The molecule has 0 saturated carbocycles. The summed E-state index contributed by atoms with van der Waals surface area (Å²) in [5, 5.41) is 7.57. The van der Waals surface area contributed by atoms with Crippen LogP contribution < -0.4 is 0 Å². The number of hydrogen-bond donors (Lipinski definition) is 0. The van der Waals surface area contributed by atoms with E-state index >= 15 is 0 Å². The maximum Gasteiger partial charge on any atom is 0.0906 e. The molecule has 0 aliphatic carbocycles. The van der Waals surface area contributed by atoms with E-state index in [1.165, 1.54) is 37.9 Å². The summed E-state index contributed by atoms with van der Waals surface area (Å²) in [5.41, 5.74) is 6.25. The standard InChI is InChI=1S/C41H25N3S/c1-2-28-26-33(19-17-29-13-14-32-16-15-30-8-7-9-31-18-20-34(29)41(32)40(30)31)45-39(28)21-12-27-24-37(35-10-3-5-22-42-35)44-38(25-27)36-11-4-6-23-43-36/h3-11,13-16,18,20,22-26H,2H2,1H3. The minimum absolute atomic E-state index is 0.768. The Labute approximate surface area is 265 Å². The van der Waals surface area contributed by atoms with Gasteiger partial charge in [-0.05, 0) is 92.8 Å². The van der Waals surface area contributed by atoms with E-state index in [1.54, 1.807) is 23.7 Å². The number of pyridine rings is 3. The molecule has 0 spiro atoms. The number of rotatable bonds is 3. The summed E-state index contributed by atoms with van der Waals surface area (Å²) in [6.07, 6.45) is 4.44. The van der Waals surface area contributed by atoms with Gasteiger partial charge in [0.05, 0.1) is 32.5 Å². The second-order valence-corrected chi connectivity index (χ2v) is 11.9. The molecule has 45 heavy (non-hydrogen) atoms. The van der Waals surface area contributed by atoms with Gasteiger partial charge in [0, 0.05) is 23.5 Å². The highest BCUT2D eigenvalue weighted by Crippen LogP contribution is 2.36. The van der Waals surface area contributed by atoms with E-state index in [1.807, 2.05) is 48.5 Å². The zero-order valence-electron chi connectivity index (χ0n) is 24.5. The third kappa shape index (κ3) is 5.08. The van der Waals surface area contributed by atoms with E-state index in [0.29, 0.717) is 0 Å². The monoisotopic (exact) mass is 591 g/mol. The molecule has 4 aromatic carbocycles. The lowest BCUT2D eigenvalue weighted by atomic mass is 9.92. The van der Waals surface area contributed by atoms with Crippen molar-refractivity contribution < 1.29 is 0 Å². The van der Waals surface area contributed by atoms with Crippen LogP contribution in [0.2, 0.25) is 0 Å². The van der Waals surface area contributed by atoms with E-state index in [0.717, 1.165) is 50.1 Å². The summed E-state index contributed by atoms with van der Waals surface area (Å²) in [4.78, 5) is 15.9. The number of hydrogen-bond acceptors (Lipinski definition) is 4. The van der Waals surface area contributed by atoms with Gasteiger partial charge in [0.25, 0.3) is 0 Å². The van der Waals surface area contributed by atoms with Crippen LogP contribution >= 0.6 is 11.3 Å². The van der Waals surface area contributed by atoms with E-state index in [9.17, 15) is 0 Å². The molecule has 0 amide bonds. The van der Waals surface area contributed by atoms with Gasteiger partial charge in [0.15, 0.2) is 0 Å². The highest BCUT2D eigenvalue weighted by atomic mass is 32.1. The van der Waals surface area contributed by atoms with Crippen molar-refractivity contribution in [3.8, 4) is 46.5 Å². The Morgan fingerprint density at radius 2 is 1.24 bits per heavy atom. The van der Waals surface area contributed by atoms with Crippen molar-refractivity contribution in [1.29, 1.82) is 0 Å². The zero-order valence-corrected chi connectivity index (χ0v) is 25.3. The average molecular weight is 592 g/mol. The van der Waals surface area contributed by atoms with Gasteiger partial charge in [-0.25, -0.2) is 4.98 Å². The predicted octanol–water partition coefficient (Wildman–Crippen LogP) is 9.53. The van der Waals surface area contributed by atoms with Crippen molar-refractivity contribution in [3.05, 3.63) is 148 Å². The third-order valence-corrected chi connectivity index (χ3v) is 9.05. The first-order chi connectivity index (χ1) is 22.2. The smallest absolute Gasteiger partial charge is 0.0906 e. The molecule has 4 heterocycles. The van der Waals surface area contributed by atoms with E-state index < -0.39 is 0 Å². The molecule has 0 bridgehead atoms. The van der Waals surface area contributed by atoms with Crippen LogP contribution in [0.5, 0.6) is 0 Å². The Hall–Kier alpha value is -5.81. The first-order valence-corrected chi connectivity index (χ1v) is 15.7. The molecular weight excluding hydrogens is 567 g/mol. The van der Waals surface area contributed by atoms with Crippen LogP contribution in [0.15, 0.2) is 122 Å². The summed E-state index contributed by atoms with van der Waals surface area (Å²) in [5.74, 6) is 13.8. The van der Waals surface area contributed by atoms with Gasteiger partial charge in [-0.15, -0.1) is 11.3 Å². The minimum atomic E-state index is 0.768. The molecule has 0 aliphatic rings. The molecule has 0 saturated heterocycles. The molecule has 4 heteroatoms. The maximum absolute atomic E-state index is 4.86. The number of thiophene rings is 1. The van der Waals surface area contributed by atoms with Crippen molar-refractivity contribution in [1.82, 2.24) is 15.0 Å². The first-order valence-electron chi connectivity index (χ1n) is 14.9. The van der Waals surface area contributed by atoms with Crippen LogP contribution in [0.25, 0.3) is 55.1 Å². The topological polar surface area (TPSA) is 38.7 Å². The molecule has 0 unspecified atom stereocenters. The predicted molar refractivity (Wildman–Crippen MR) is 187 cm³/mol. The van der Waals surface area contributed by atoms with E-state index in [2.05, 4.69) is 101 Å². The molecule has 0 radical (unpaired) electrons. The number of benzene rings is 4. The SMILES string of the molecule is CCc1cc(C#Cc2ccc3ccc4cccc5ccc2c3c45)sc1C#Cc1cc(-c2ccccn2)nc(-c2ccccn2)c1. The lowest BCUT2D eigenvalue weighted by molar-refractivity contribution is 1.15. The molecular formula is C41H25N3S. The van der Waals surface area contributed by atoms with E-state index in [4.69, 9.17) is 4.98 Å². The van der Waals surface area contributed by atoms with Crippen molar-refractivity contribution in [2.24, 2.45) is 0 Å². The van der Waals surface area contributed by atoms with Gasteiger partial charge < -0.3 is 0 Å². The molecule has 8 rings (SSSR count). The van der Waals surface area contributed by atoms with Gasteiger partial charge in [-0.2, -0.15) is 0 Å². The van der Waals surface area contributed by atoms with Crippen molar-refractivity contribution in [2.75, 3.05) is 0 Å². The molecule has 0 N–H and O–H groups in total. The fraction of sp³-hybridized carbons (Fsp3) is 0.0488. The second kappa shape index (κ2) is 11.4. The summed E-state index contributed by atoms with van der Waals surface area (Å²) >= 11 is 1.65. The fourth-order valence-electron chi connectivity index (χ4n) is 5.85. The molecule has 0 aliphatic heterocycles. The van der Waals surface area contributed by atoms with E-state index in [-0.39, 0.29) is 0 Å². The minimum Gasteiger partial charge on any atom is -0.255 e. The number of nitrogens with zero attached hydrogens (tertiary/aromatic N) is 3. The van der Waals surface area contributed by atoms with Crippen LogP contribution in [-0.2, 0) is 6.42 Å². The van der Waals surface area contributed by atoms with Crippen LogP contribution in [0.1, 0.15) is 33.4 Å². The highest BCUT2D eigenvalue weighted by Gasteiger charge is 2.11. The maximum atomic E-state index is 4.86. The normalized spacial score (nSPS) is 11.0. The molecule has 0 atom stereocenters. The molecule has 8 aromatic rings. The van der Waals surface area contributed by atoms with Gasteiger partial charge in [-0.3, -0.25) is 9.97 Å². The number of aromatic nitrogens is 3. The summed E-state index contributed by atoms with van der Waals surface area (Å²) in [7, 11) is 0. The van der Waals surface area contributed by atoms with Crippen molar-refractivity contribution in [2.45, 2.75) is 13.3 Å². The Morgan fingerprint density at radius 3 is 1.91 bits per heavy atom. The molecule has 210 valence electrons. The summed E-state index contributed by atoms with van der Waals surface area (Å²) < 4.78 is 0. The van der Waals surface area contributed by atoms with Gasteiger partial charge in [0.1, 0.15) is 0 Å². The van der Waals surface area contributed by atoms with Crippen LogP contribution in [0.3, 0.4) is 0 Å². The van der Waals surface area contributed by atoms with Crippen LogP contribution in [-0.4, -0.2) is 15.0 Å². The second-order valence-electron chi connectivity index (χ2n) is 10.8. The molecule has 4 aromatic heterocycles. The molecule has 3 nitrogen and oxygen atoms in total. The Morgan fingerprint density at radius 1 is 0.578 bits per heavy atom. The number of aryl methyl sites for hydroxylation is 1. The lowest BCUT2D eigenvalue weighted by Gasteiger charge is -2.11. The fourth-order valence-corrected chi connectivity index (χ4v) is 6.81.